The SMILES string of the molecule is CCC(N)(CC)CNC(=O)c1c(F)cccc1F. The number of carbonyl (C=O) groups is 1. The molecule has 3 nitrogen and oxygen atoms in total. The van der Waals surface area contributed by atoms with E-state index in [1.165, 1.54) is 6.07 Å². The van der Waals surface area contributed by atoms with Crippen LogP contribution >= 0.6 is 0 Å². The first-order valence-electron chi connectivity index (χ1n) is 5.94. The highest BCUT2D eigenvalue weighted by Gasteiger charge is 2.23. The molecule has 0 aromatic heterocycles. The van der Waals surface area contributed by atoms with Gasteiger partial charge < -0.3 is 11.1 Å². The summed E-state index contributed by atoms with van der Waals surface area (Å²) in [7, 11) is 0. The zero-order valence-electron chi connectivity index (χ0n) is 10.6. The second-order valence-corrected chi connectivity index (χ2v) is 4.35. The third-order valence-electron chi connectivity index (χ3n) is 3.20. The van der Waals surface area contributed by atoms with Gasteiger partial charge >= 0.3 is 0 Å². The first-order valence-corrected chi connectivity index (χ1v) is 5.94. The molecule has 100 valence electrons. The number of halogens is 2. The minimum atomic E-state index is -0.872. The molecule has 5 heteroatoms. The van der Waals surface area contributed by atoms with E-state index in [-0.39, 0.29) is 6.54 Å². The molecular weight excluding hydrogens is 238 g/mol. The molecule has 0 radical (unpaired) electrons. The summed E-state index contributed by atoms with van der Waals surface area (Å²) >= 11 is 0. The van der Waals surface area contributed by atoms with Crippen LogP contribution in [0, 0.1) is 11.6 Å². The Bertz CT molecular complexity index is 411. The maximum absolute atomic E-state index is 13.4. The van der Waals surface area contributed by atoms with Gasteiger partial charge in [0.25, 0.3) is 5.91 Å². The second kappa shape index (κ2) is 5.91. The molecule has 18 heavy (non-hydrogen) atoms. The van der Waals surface area contributed by atoms with Crippen LogP contribution in [0.4, 0.5) is 8.78 Å². The highest BCUT2D eigenvalue weighted by molar-refractivity contribution is 5.94. The Balaban J connectivity index is 2.78. The monoisotopic (exact) mass is 256 g/mol. The fourth-order valence-corrected chi connectivity index (χ4v) is 1.56. The summed E-state index contributed by atoms with van der Waals surface area (Å²) in [6.45, 7) is 3.99. The van der Waals surface area contributed by atoms with Gasteiger partial charge in [0.1, 0.15) is 17.2 Å². The Labute approximate surface area is 105 Å². The third-order valence-corrected chi connectivity index (χ3v) is 3.20. The van der Waals surface area contributed by atoms with Gasteiger partial charge in [0.05, 0.1) is 0 Å². The van der Waals surface area contributed by atoms with Crippen molar-refractivity contribution in [1.82, 2.24) is 5.32 Å². The molecule has 1 rings (SSSR count). The zero-order valence-corrected chi connectivity index (χ0v) is 10.6. The summed E-state index contributed by atoms with van der Waals surface area (Å²) < 4.78 is 26.7. The van der Waals surface area contributed by atoms with E-state index in [0.717, 1.165) is 12.1 Å². The predicted molar refractivity (Wildman–Crippen MR) is 66.2 cm³/mol. The van der Waals surface area contributed by atoms with Crippen molar-refractivity contribution in [3.05, 3.63) is 35.4 Å². The molecule has 0 unspecified atom stereocenters. The van der Waals surface area contributed by atoms with Gasteiger partial charge in [0, 0.05) is 12.1 Å². The number of benzene rings is 1. The van der Waals surface area contributed by atoms with E-state index in [4.69, 9.17) is 5.73 Å². The molecule has 1 aromatic rings. The number of rotatable bonds is 5. The Hall–Kier alpha value is -1.49. The van der Waals surface area contributed by atoms with Crippen LogP contribution in [0.25, 0.3) is 0 Å². The molecule has 0 aliphatic heterocycles. The second-order valence-electron chi connectivity index (χ2n) is 4.35. The quantitative estimate of drug-likeness (QED) is 0.848. The summed E-state index contributed by atoms with van der Waals surface area (Å²) in [5.74, 6) is -2.52. The fourth-order valence-electron chi connectivity index (χ4n) is 1.56. The molecule has 0 aliphatic rings. The lowest BCUT2D eigenvalue weighted by Gasteiger charge is -2.26. The van der Waals surface area contributed by atoms with Gasteiger partial charge in [-0.05, 0) is 25.0 Å². The van der Waals surface area contributed by atoms with Gasteiger partial charge in [-0.2, -0.15) is 0 Å². The van der Waals surface area contributed by atoms with E-state index < -0.39 is 28.6 Å². The van der Waals surface area contributed by atoms with E-state index in [2.05, 4.69) is 5.32 Å². The molecule has 0 fully saturated rings. The van der Waals surface area contributed by atoms with E-state index in [1.54, 1.807) is 0 Å². The molecule has 0 atom stereocenters. The van der Waals surface area contributed by atoms with Crippen LogP contribution < -0.4 is 11.1 Å². The maximum Gasteiger partial charge on any atom is 0.257 e. The number of nitrogens with one attached hydrogen (secondary N) is 1. The van der Waals surface area contributed by atoms with E-state index in [0.29, 0.717) is 12.8 Å². The largest absolute Gasteiger partial charge is 0.350 e. The lowest BCUT2D eigenvalue weighted by atomic mass is 9.94. The van der Waals surface area contributed by atoms with Crippen LogP contribution in [0.5, 0.6) is 0 Å². The molecule has 0 saturated carbocycles. The summed E-state index contributed by atoms with van der Waals surface area (Å²) in [5, 5.41) is 2.48. The lowest BCUT2D eigenvalue weighted by molar-refractivity contribution is 0.0933. The first kappa shape index (κ1) is 14.6. The average molecular weight is 256 g/mol. The smallest absolute Gasteiger partial charge is 0.257 e. The molecule has 0 heterocycles. The minimum Gasteiger partial charge on any atom is -0.350 e. The van der Waals surface area contributed by atoms with Gasteiger partial charge in [-0.25, -0.2) is 8.78 Å². The van der Waals surface area contributed by atoms with Crippen molar-refractivity contribution in [2.45, 2.75) is 32.2 Å². The Morgan fingerprint density at radius 2 is 1.78 bits per heavy atom. The average Bonchev–Trinajstić information content (AvgIpc) is 2.36. The Kier molecular flexibility index (Phi) is 4.78. The van der Waals surface area contributed by atoms with Crippen LogP contribution in [-0.4, -0.2) is 18.0 Å². The molecule has 3 N–H and O–H groups in total. The molecule has 0 bridgehead atoms. The zero-order chi connectivity index (χ0) is 13.8. The van der Waals surface area contributed by atoms with Gasteiger partial charge in [0.2, 0.25) is 0 Å². The molecule has 1 amide bonds. The van der Waals surface area contributed by atoms with Crippen LogP contribution in [0.15, 0.2) is 18.2 Å². The molecule has 1 aromatic carbocycles. The Morgan fingerprint density at radius 3 is 2.22 bits per heavy atom. The standard InChI is InChI=1S/C13H18F2N2O/c1-3-13(16,4-2)8-17-12(18)11-9(14)6-5-7-10(11)15/h5-7H,3-4,8,16H2,1-2H3,(H,17,18). The molecule has 0 saturated heterocycles. The third kappa shape index (κ3) is 3.26. The number of hydrogen-bond acceptors (Lipinski definition) is 2. The highest BCUT2D eigenvalue weighted by atomic mass is 19.1. The number of hydrogen-bond donors (Lipinski definition) is 2. The van der Waals surface area contributed by atoms with Crippen LogP contribution in [-0.2, 0) is 0 Å². The summed E-state index contributed by atoms with van der Waals surface area (Å²) in [4.78, 5) is 11.7. The molecular formula is C13H18F2N2O. The van der Waals surface area contributed by atoms with Crippen LogP contribution in [0.2, 0.25) is 0 Å². The van der Waals surface area contributed by atoms with Crippen molar-refractivity contribution in [3.63, 3.8) is 0 Å². The molecule has 0 aliphatic carbocycles. The first-order chi connectivity index (χ1) is 8.43. The van der Waals surface area contributed by atoms with Crippen LogP contribution in [0.3, 0.4) is 0 Å². The normalized spacial score (nSPS) is 11.4. The summed E-state index contributed by atoms with van der Waals surface area (Å²) in [6, 6.07) is 3.31. The number of nitrogens with two attached hydrogens (primary N) is 1. The van der Waals surface area contributed by atoms with E-state index in [9.17, 15) is 13.6 Å². The van der Waals surface area contributed by atoms with Crippen molar-refractivity contribution in [2.75, 3.05) is 6.54 Å². The number of amides is 1. The molecule has 0 spiro atoms. The maximum atomic E-state index is 13.4. The van der Waals surface area contributed by atoms with Crippen molar-refractivity contribution in [2.24, 2.45) is 5.73 Å². The van der Waals surface area contributed by atoms with Crippen LogP contribution in [0.1, 0.15) is 37.0 Å². The minimum absolute atomic E-state index is 0.187. The number of carbonyl (C=O) groups excluding carboxylic acids is 1. The van der Waals surface area contributed by atoms with E-state index in [1.807, 2.05) is 13.8 Å². The van der Waals surface area contributed by atoms with Crippen molar-refractivity contribution in [1.29, 1.82) is 0 Å². The topological polar surface area (TPSA) is 55.1 Å². The van der Waals surface area contributed by atoms with Gasteiger partial charge in [-0.1, -0.05) is 19.9 Å². The highest BCUT2D eigenvalue weighted by Crippen LogP contribution is 2.13. The van der Waals surface area contributed by atoms with Crippen molar-refractivity contribution in [3.8, 4) is 0 Å². The summed E-state index contributed by atoms with van der Waals surface area (Å²) in [5.41, 5.74) is 4.89. The van der Waals surface area contributed by atoms with Gasteiger partial charge in [-0.3, -0.25) is 4.79 Å². The predicted octanol–water partition coefficient (Wildman–Crippen LogP) is 2.21. The fraction of sp³-hybridized carbons (Fsp3) is 0.462. The van der Waals surface area contributed by atoms with Crippen molar-refractivity contribution >= 4 is 5.91 Å². The Morgan fingerprint density at radius 1 is 1.28 bits per heavy atom. The van der Waals surface area contributed by atoms with Gasteiger partial charge in [-0.15, -0.1) is 0 Å². The van der Waals surface area contributed by atoms with E-state index >= 15 is 0 Å². The van der Waals surface area contributed by atoms with Crippen molar-refractivity contribution < 1.29 is 13.6 Å². The summed E-state index contributed by atoms with van der Waals surface area (Å²) in [6.07, 6.45) is 1.34. The van der Waals surface area contributed by atoms with Gasteiger partial charge in [0.15, 0.2) is 0 Å². The lowest BCUT2D eigenvalue weighted by Crippen LogP contribution is -2.49.